The molecule has 6 heteroatoms. The lowest BCUT2D eigenvalue weighted by Crippen LogP contribution is -2.34. The molecule has 0 amide bonds. The van der Waals surface area contributed by atoms with Crippen LogP contribution < -0.4 is 10.5 Å². The second-order valence-corrected chi connectivity index (χ2v) is 7.31. The van der Waals surface area contributed by atoms with Gasteiger partial charge in [-0.3, -0.25) is 0 Å². The number of halogens is 1. The van der Waals surface area contributed by atoms with Crippen LogP contribution in [-0.2, 0) is 11.0 Å². The second kappa shape index (κ2) is 6.96. The number of methoxy groups -OCH3 is 1. The monoisotopic (exact) mass is 363 g/mol. The lowest BCUT2D eigenvalue weighted by atomic mass is 9.78. The first-order valence-electron chi connectivity index (χ1n) is 8.94. The summed E-state index contributed by atoms with van der Waals surface area (Å²) < 4.78 is 11.2. The maximum atomic E-state index is 6.51. The molecule has 0 spiro atoms. The Balaban J connectivity index is 0.00000182. The lowest BCUT2D eigenvalue weighted by Gasteiger charge is -2.25. The van der Waals surface area contributed by atoms with Gasteiger partial charge in [-0.25, -0.2) is 0 Å². The van der Waals surface area contributed by atoms with E-state index >= 15 is 0 Å². The molecule has 1 aromatic heterocycles. The third-order valence-electron chi connectivity index (χ3n) is 5.86. The molecule has 2 aliphatic rings. The quantitative estimate of drug-likeness (QED) is 0.885. The van der Waals surface area contributed by atoms with Crippen molar-refractivity contribution in [2.45, 2.75) is 62.3 Å². The average Bonchev–Trinajstić information content (AvgIpc) is 3.35. The molecule has 2 saturated carbocycles. The van der Waals surface area contributed by atoms with Crippen LogP contribution in [0.15, 0.2) is 28.8 Å². The van der Waals surface area contributed by atoms with Gasteiger partial charge in [-0.1, -0.05) is 43.0 Å². The van der Waals surface area contributed by atoms with Gasteiger partial charge in [0.15, 0.2) is 5.82 Å². The van der Waals surface area contributed by atoms with E-state index in [9.17, 15) is 0 Å². The van der Waals surface area contributed by atoms with Gasteiger partial charge in [0.05, 0.1) is 18.1 Å². The Bertz CT molecular complexity index is 719. The second-order valence-electron chi connectivity index (χ2n) is 7.31. The van der Waals surface area contributed by atoms with Crippen molar-refractivity contribution < 1.29 is 9.26 Å². The predicted molar refractivity (Wildman–Crippen MR) is 98.1 cm³/mol. The summed E-state index contributed by atoms with van der Waals surface area (Å²) in [5.74, 6) is 2.27. The van der Waals surface area contributed by atoms with E-state index in [1.165, 1.54) is 18.4 Å². The van der Waals surface area contributed by atoms with Gasteiger partial charge in [0.1, 0.15) is 5.75 Å². The van der Waals surface area contributed by atoms with Gasteiger partial charge in [0.25, 0.3) is 0 Å². The van der Waals surface area contributed by atoms with Crippen molar-refractivity contribution in [1.29, 1.82) is 0 Å². The standard InChI is InChI=1S/C19H25N3O2.ClH/c1-23-15-8-6-7-14(13-15)18(9-2-3-10-18)17-21-16(22-24-17)19(20)11-4-5-12-19;/h6-8,13H,2-5,9-12,20H2,1H3;1H. The lowest BCUT2D eigenvalue weighted by molar-refractivity contribution is 0.301. The minimum atomic E-state index is -0.407. The van der Waals surface area contributed by atoms with Gasteiger partial charge < -0.3 is 15.0 Å². The Hall–Kier alpha value is -1.59. The van der Waals surface area contributed by atoms with Gasteiger partial charge in [0.2, 0.25) is 5.89 Å². The number of aromatic nitrogens is 2. The van der Waals surface area contributed by atoms with E-state index in [1.54, 1.807) is 7.11 Å². The van der Waals surface area contributed by atoms with E-state index in [4.69, 9.17) is 20.0 Å². The zero-order chi connectivity index (χ0) is 16.6. The smallest absolute Gasteiger partial charge is 0.237 e. The topological polar surface area (TPSA) is 74.2 Å². The fraction of sp³-hybridized carbons (Fsp3) is 0.579. The highest BCUT2D eigenvalue weighted by Gasteiger charge is 2.44. The third kappa shape index (κ3) is 3.04. The van der Waals surface area contributed by atoms with E-state index in [0.29, 0.717) is 5.82 Å². The van der Waals surface area contributed by atoms with Crippen LogP contribution in [0.25, 0.3) is 0 Å². The maximum absolute atomic E-state index is 6.51. The molecular formula is C19H26ClN3O2. The molecule has 2 fully saturated rings. The molecule has 2 aliphatic carbocycles. The molecule has 136 valence electrons. The third-order valence-corrected chi connectivity index (χ3v) is 5.86. The Labute approximate surface area is 154 Å². The number of ether oxygens (including phenoxy) is 1. The van der Waals surface area contributed by atoms with Gasteiger partial charge in [0, 0.05) is 0 Å². The first-order chi connectivity index (χ1) is 11.7. The van der Waals surface area contributed by atoms with Crippen molar-refractivity contribution >= 4 is 12.4 Å². The summed E-state index contributed by atoms with van der Waals surface area (Å²) >= 11 is 0. The molecule has 0 atom stereocenters. The molecule has 2 aromatic rings. The molecule has 25 heavy (non-hydrogen) atoms. The average molecular weight is 364 g/mol. The van der Waals surface area contributed by atoms with E-state index in [1.807, 2.05) is 12.1 Å². The minimum absolute atomic E-state index is 0. The van der Waals surface area contributed by atoms with Gasteiger partial charge in [-0.05, 0) is 43.4 Å². The largest absolute Gasteiger partial charge is 0.497 e. The maximum Gasteiger partial charge on any atom is 0.237 e. The Morgan fingerprint density at radius 3 is 2.44 bits per heavy atom. The fourth-order valence-electron chi connectivity index (χ4n) is 4.37. The van der Waals surface area contributed by atoms with Crippen molar-refractivity contribution in [3.8, 4) is 5.75 Å². The van der Waals surface area contributed by atoms with Crippen LogP contribution in [0.3, 0.4) is 0 Å². The first kappa shape index (κ1) is 18.2. The Morgan fingerprint density at radius 2 is 1.76 bits per heavy atom. The summed E-state index contributed by atoms with van der Waals surface area (Å²) in [5.41, 5.74) is 7.11. The van der Waals surface area contributed by atoms with Crippen LogP contribution in [0.4, 0.5) is 0 Å². The van der Waals surface area contributed by atoms with Crippen molar-refractivity contribution in [1.82, 2.24) is 10.1 Å². The molecule has 5 nitrogen and oxygen atoms in total. The normalized spacial score (nSPS) is 21.0. The summed E-state index contributed by atoms with van der Waals surface area (Å²) in [6.45, 7) is 0. The van der Waals surface area contributed by atoms with Crippen LogP contribution in [0.1, 0.15) is 68.6 Å². The molecule has 0 saturated heterocycles. The van der Waals surface area contributed by atoms with Crippen molar-refractivity contribution in [2.24, 2.45) is 5.73 Å². The molecule has 1 heterocycles. The number of hydrogen-bond acceptors (Lipinski definition) is 5. The summed E-state index contributed by atoms with van der Waals surface area (Å²) in [6, 6.07) is 8.25. The SMILES string of the molecule is COc1cccc(C2(c3nc(C4(N)CCCC4)no3)CCCC2)c1.Cl. The van der Waals surface area contributed by atoms with Gasteiger partial charge >= 0.3 is 0 Å². The first-order valence-corrected chi connectivity index (χ1v) is 8.94. The summed E-state index contributed by atoms with van der Waals surface area (Å²) in [5, 5.41) is 4.29. The summed E-state index contributed by atoms with van der Waals surface area (Å²) in [4.78, 5) is 4.81. The van der Waals surface area contributed by atoms with Crippen LogP contribution in [-0.4, -0.2) is 17.3 Å². The zero-order valence-corrected chi connectivity index (χ0v) is 15.5. The fourth-order valence-corrected chi connectivity index (χ4v) is 4.37. The van der Waals surface area contributed by atoms with Crippen LogP contribution in [0.2, 0.25) is 0 Å². The highest BCUT2D eigenvalue weighted by atomic mass is 35.5. The van der Waals surface area contributed by atoms with Crippen LogP contribution >= 0.6 is 12.4 Å². The molecular weight excluding hydrogens is 338 g/mol. The summed E-state index contributed by atoms with van der Waals surface area (Å²) in [7, 11) is 1.70. The van der Waals surface area contributed by atoms with E-state index in [2.05, 4.69) is 17.3 Å². The van der Waals surface area contributed by atoms with Crippen molar-refractivity contribution in [2.75, 3.05) is 7.11 Å². The molecule has 4 rings (SSSR count). The number of rotatable bonds is 4. The number of nitrogens with zero attached hydrogens (tertiary/aromatic N) is 2. The van der Waals surface area contributed by atoms with Crippen molar-refractivity contribution in [3.63, 3.8) is 0 Å². The van der Waals surface area contributed by atoms with E-state index in [0.717, 1.165) is 50.2 Å². The number of hydrogen-bond donors (Lipinski definition) is 1. The van der Waals surface area contributed by atoms with Crippen LogP contribution in [0, 0.1) is 0 Å². The summed E-state index contributed by atoms with van der Waals surface area (Å²) in [6.07, 6.45) is 8.56. The molecule has 0 bridgehead atoms. The Morgan fingerprint density at radius 1 is 1.08 bits per heavy atom. The van der Waals surface area contributed by atoms with Crippen molar-refractivity contribution in [3.05, 3.63) is 41.5 Å². The number of benzene rings is 1. The molecule has 2 N–H and O–H groups in total. The predicted octanol–water partition coefficient (Wildman–Crippen LogP) is 4.09. The minimum Gasteiger partial charge on any atom is -0.497 e. The highest BCUT2D eigenvalue weighted by molar-refractivity contribution is 5.85. The Kier molecular flexibility index (Phi) is 5.07. The molecule has 1 aromatic carbocycles. The van der Waals surface area contributed by atoms with Gasteiger partial charge in [-0.2, -0.15) is 4.98 Å². The zero-order valence-electron chi connectivity index (χ0n) is 14.7. The van der Waals surface area contributed by atoms with E-state index in [-0.39, 0.29) is 17.8 Å². The van der Waals surface area contributed by atoms with Gasteiger partial charge in [-0.15, -0.1) is 12.4 Å². The number of nitrogens with two attached hydrogens (primary N) is 1. The molecule has 0 unspecified atom stereocenters. The molecule has 0 aliphatic heterocycles. The van der Waals surface area contributed by atoms with E-state index < -0.39 is 5.54 Å². The highest BCUT2D eigenvalue weighted by Crippen LogP contribution is 2.47. The molecule has 0 radical (unpaired) electrons. The van der Waals surface area contributed by atoms with Crippen LogP contribution in [0.5, 0.6) is 5.75 Å².